The first-order valence-electron chi connectivity index (χ1n) is 8.11. The van der Waals surface area contributed by atoms with E-state index in [1.54, 1.807) is 0 Å². The molecule has 0 radical (unpaired) electrons. The quantitative estimate of drug-likeness (QED) is 0.432. The number of hydrogen-bond acceptors (Lipinski definition) is 1. The highest BCUT2D eigenvalue weighted by atomic mass is 15.0. The van der Waals surface area contributed by atoms with Gasteiger partial charge in [0.1, 0.15) is 0 Å². The third kappa shape index (κ3) is 1.75. The van der Waals surface area contributed by atoms with Gasteiger partial charge in [0.25, 0.3) is 0 Å². The normalized spacial score (nSPS) is 11.8. The number of aromatic nitrogens is 3. The van der Waals surface area contributed by atoms with Crippen LogP contribution in [0.15, 0.2) is 67.0 Å². The predicted octanol–water partition coefficient (Wildman–Crippen LogP) is 4.89. The van der Waals surface area contributed by atoms with Crippen LogP contribution >= 0.6 is 0 Å². The summed E-state index contributed by atoms with van der Waals surface area (Å²) in [6.45, 7) is 0. The second-order valence-corrected chi connectivity index (χ2v) is 6.37. The lowest BCUT2D eigenvalue weighted by molar-refractivity contribution is 0.948. The molecule has 0 aliphatic carbocycles. The van der Waals surface area contributed by atoms with E-state index < -0.39 is 0 Å². The summed E-state index contributed by atoms with van der Waals surface area (Å²) >= 11 is 0. The van der Waals surface area contributed by atoms with Crippen LogP contribution in [0, 0.1) is 0 Å². The van der Waals surface area contributed by atoms with Crippen LogP contribution in [0.2, 0.25) is 0 Å². The number of hydrogen-bond donors (Lipinski definition) is 0. The minimum absolute atomic E-state index is 1.03. The number of nitrogens with zero attached hydrogens (tertiary/aromatic N) is 3. The first-order valence-corrected chi connectivity index (χ1v) is 8.11. The van der Waals surface area contributed by atoms with Crippen molar-refractivity contribution in [3.63, 3.8) is 0 Å². The SMILES string of the molecule is Cn1cnc2ccc(-c3ccc4c5ccccc5n(C)c4c3)cc21. The van der Waals surface area contributed by atoms with Crippen LogP contribution in [-0.2, 0) is 14.1 Å². The van der Waals surface area contributed by atoms with Gasteiger partial charge in [-0.25, -0.2) is 4.98 Å². The zero-order chi connectivity index (χ0) is 16.3. The molecule has 0 atom stereocenters. The smallest absolute Gasteiger partial charge is 0.0955 e. The largest absolute Gasteiger partial charge is 0.344 e. The summed E-state index contributed by atoms with van der Waals surface area (Å²) in [5.74, 6) is 0. The van der Waals surface area contributed by atoms with Crippen molar-refractivity contribution in [3.8, 4) is 11.1 Å². The number of para-hydroxylation sites is 1. The molecule has 5 rings (SSSR count). The Balaban J connectivity index is 1.78. The Hall–Kier alpha value is -3.07. The van der Waals surface area contributed by atoms with Crippen LogP contribution in [0.25, 0.3) is 44.0 Å². The van der Waals surface area contributed by atoms with Crippen LogP contribution in [0.5, 0.6) is 0 Å². The van der Waals surface area contributed by atoms with Gasteiger partial charge in [-0.2, -0.15) is 0 Å². The summed E-state index contributed by atoms with van der Waals surface area (Å²) in [7, 11) is 4.17. The highest BCUT2D eigenvalue weighted by molar-refractivity contribution is 6.09. The molecule has 3 nitrogen and oxygen atoms in total. The van der Waals surface area contributed by atoms with E-state index in [1.807, 2.05) is 13.4 Å². The highest BCUT2D eigenvalue weighted by Gasteiger charge is 2.09. The molecule has 0 spiro atoms. The van der Waals surface area contributed by atoms with Gasteiger partial charge in [0.15, 0.2) is 0 Å². The van der Waals surface area contributed by atoms with E-state index in [0.717, 1.165) is 11.0 Å². The van der Waals surface area contributed by atoms with Crippen molar-refractivity contribution in [1.29, 1.82) is 0 Å². The average molecular weight is 311 g/mol. The van der Waals surface area contributed by atoms with E-state index in [-0.39, 0.29) is 0 Å². The molecular weight excluding hydrogens is 294 g/mol. The predicted molar refractivity (Wildman–Crippen MR) is 100 cm³/mol. The molecule has 0 unspecified atom stereocenters. The number of fused-ring (bicyclic) bond motifs is 4. The fraction of sp³-hybridized carbons (Fsp3) is 0.0952. The van der Waals surface area contributed by atoms with E-state index in [2.05, 4.69) is 81.8 Å². The summed E-state index contributed by atoms with van der Waals surface area (Å²) in [5, 5.41) is 2.61. The second kappa shape index (κ2) is 4.71. The topological polar surface area (TPSA) is 22.8 Å². The molecule has 3 aromatic carbocycles. The Bertz CT molecular complexity index is 1220. The summed E-state index contributed by atoms with van der Waals surface area (Å²) in [5.41, 5.74) is 7.18. The standard InChI is InChI=1S/C21H17N3/c1-23-13-22-18-10-8-15(12-21(18)23)14-7-9-17-16-5-3-4-6-19(16)24(2)20(17)11-14/h3-13H,1-2H3. The van der Waals surface area contributed by atoms with E-state index >= 15 is 0 Å². The van der Waals surface area contributed by atoms with Crippen molar-refractivity contribution in [2.45, 2.75) is 0 Å². The lowest BCUT2D eigenvalue weighted by atomic mass is 10.0. The van der Waals surface area contributed by atoms with Crippen molar-refractivity contribution in [2.24, 2.45) is 14.1 Å². The average Bonchev–Trinajstić information content (AvgIpc) is 3.14. The molecule has 2 heterocycles. The third-order valence-electron chi connectivity index (χ3n) is 4.97. The van der Waals surface area contributed by atoms with E-state index in [4.69, 9.17) is 0 Å². The minimum atomic E-state index is 1.03. The first-order chi connectivity index (χ1) is 11.7. The molecule has 0 fully saturated rings. The molecule has 0 aliphatic rings. The molecule has 0 amide bonds. The maximum atomic E-state index is 4.40. The number of benzene rings is 3. The number of rotatable bonds is 1. The third-order valence-corrected chi connectivity index (χ3v) is 4.97. The lowest BCUT2D eigenvalue weighted by Crippen LogP contribution is -1.88. The molecule has 5 aromatic rings. The Morgan fingerprint density at radius 2 is 1.42 bits per heavy atom. The fourth-order valence-electron chi connectivity index (χ4n) is 3.65. The fourth-order valence-corrected chi connectivity index (χ4v) is 3.65. The summed E-state index contributed by atoms with van der Waals surface area (Å²) in [4.78, 5) is 4.40. The van der Waals surface area contributed by atoms with Gasteiger partial charge in [-0.1, -0.05) is 36.4 Å². The van der Waals surface area contributed by atoms with Crippen LogP contribution in [0.4, 0.5) is 0 Å². The Morgan fingerprint density at radius 1 is 0.708 bits per heavy atom. The van der Waals surface area contributed by atoms with Crippen molar-refractivity contribution < 1.29 is 0 Å². The molecule has 0 saturated heterocycles. The molecule has 116 valence electrons. The second-order valence-electron chi connectivity index (χ2n) is 6.37. The Kier molecular flexibility index (Phi) is 2.63. The monoisotopic (exact) mass is 311 g/mol. The number of aryl methyl sites for hydroxylation is 2. The number of imidazole rings is 1. The lowest BCUT2D eigenvalue weighted by Gasteiger charge is -2.05. The van der Waals surface area contributed by atoms with Gasteiger partial charge in [0, 0.05) is 35.9 Å². The van der Waals surface area contributed by atoms with Crippen LogP contribution in [-0.4, -0.2) is 14.1 Å². The Labute approximate surface area is 139 Å². The van der Waals surface area contributed by atoms with Gasteiger partial charge >= 0.3 is 0 Å². The molecule has 0 aliphatic heterocycles. The van der Waals surface area contributed by atoms with Crippen LogP contribution < -0.4 is 0 Å². The first kappa shape index (κ1) is 13.4. The maximum absolute atomic E-state index is 4.40. The molecule has 24 heavy (non-hydrogen) atoms. The van der Waals surface area contributed by atoms with Gasteiger partial charge in [-0.15, -0.1) is 0 Å². The van der Waals surface area contributed by atoms with Gasteiger partial charge in [-0.3, -0.25) is 0 Å². The highest BCUT2D eigenvalue weighted by Crippen LogP contribution is 2.32. The summed E-state index contributed by atoms with van der Waals surface area (Å²) in [6, 6.07) is 21.8. The Morgan fingerprint density at radius 3 is 2.29 bits per heavy atom. The van der Waals surface area contributed by atoms with Crippen molar-refractivity contribution >= 4 is 32.8 Å². The van der Waals surface area contributed by atoms with Crippen LogP contribution in [0.1, 0.15) is 0 Å². The van der Waals surface area contributed by atoms with Crippen molar-refractivity contribution in [2.75, 3.05) is 0 Å². The van der Waals surface area contributed by atoms with E-state index in [0.29, 0.717) is 0 Å². The molecule has 3 heteroatoms. The summed E-state index contributed by atoms with van der Waals surface area (Å²) in [6.07, 6.45) is 1.86. The van der Waals surface area contributed by atoms with Crippen molar-refractivity contribution in [3.05, 3.63) is 67.0 Å². The van der Waals surface area contributed by atoms with Gasteiger partial charge in [0.2, 0.25) is 0 Å². The van der Waals surface area contributed by atoms with E-state index in [1.165, 1.54) is 32.9 Å². The zero-order valence-electron chi connectivity index (χ0n) is 13.7. The summed E-state index contributed by atoms with van der Waals surface area (Å²) < 4.78 is 4.34. The van der Waals surface area contributed by atoms with Gasteiger partial charge in [0.05, 0.1) is 17.4 Å². The molecular formula is C21H17N3. The molecule has 0 bridgehead atoms. The molecule has 0 N–H and O–H groups in total. The van der Waals surface area contributed by atoms with Gasteiger partial charge < -0.3 is 9.13 Å². The maximum Gasteiger partial charge on any atom is 0.0955 e. The molecule has 2 aromatic heterocycles. The minimum Gasteiger partial charge on any atom is -0.344 e. The molecule has 0 saturated carbocycles. The van der Waals surface area contributed by atoms with Gasteiger partial charge in [-0.05, 0) is 35.4 Å². The van der Waals surface area contributed by atoms with E-state index in [9.17, 15) is 0 Å². The zero-order valence-corrected chi connectivity index (χ0v) is 13.7. The van der Waals surface area contributed by atoms with Crippen molar-refractivity contribution in [1.82, 2.24) is 14.1 Å². The van der Waals surface area contributed by atoms with Crippen LogP contribution in [0.3, 0.4) is 0 Å².